The summed E-state index contributed by atoms with van der Waals surface area (Å²) in [6, 6.07) is 13.6. The molecule has 2 aromatic carbocycles. The van der Waals surface area contributed by atoms with Crippen molar-refractivity contribution in [2.45, 2.75) is 25.3 Å². The Morgan fingerprint density at radius 2 is 1.86 bits per heavy atom. The fourth-order valence-electron chi connectivity index (χ4n) is 4.23. The fraction of sp³-hybridized carbons (Fsp3) is 0.273. The minimum Gasteiger partial charge on any atom is -0.451 e. The maximum atomic E-state index is 12.9. The van der Waals surface area contributed by atoms with E-state index in [-0.39, 0.29) is 17.4 Å². The summed E-state index contributed by atoms with van der Waals surface area (Å²) in [6.45, 7) is 3.00. The van der Waals surface area contributed by atoms with Gasteiger partial charge in [-0.15, -0.1) is 0 Å². The molecule has 0 bridgehead atoms. The number of fused-ring (bicyclic) bond motifs is 1. The van der Waals surface area contributed by atoms with E-state index < -0.39 is 0 Å². The van der Waals surface area contributed by atoms with E-state index in [0.717, 1.165) is 28.5 Å². The van der Waals surface area contributed by atoms with Gasteiger partial charge in [0.2, 0.25) is 5.91 Å². The molecule has 2 aliphatic rings. The third-order valence-electron chi connectivity index (χ3n) is 5.82. The van der Waals surface area contributed by atoms with Gasteiger partial charge >= 0.3 is 0 Å². The van der Waals surface area contributed by atoms with Gasteiger partial charge in [-0.05, 0) is 42.7 Å². The Morgan fingerprint density at radius 1 is 1.14 bits per heavy atom. The number of nitrogens with zero attached hydrogens (tertiary/aromatic N) is 1. The predicted octanol–water partition coefficient (Wildman–Crippen LogP) is 4.17. The minimum absolute atomic E-state index is 0.0711. The number of benzene rings is 2. The summed E-state index contributed by atoms with van der Waals surface area (Å²) in [5, 5.41) is 4.63. The maximum absolute atomic E-state index is 12.9. The summed E-state index contributed by atoms with van der Waals surface area (Å²) >= 11 is 5.97. The normalized spacial score (nSPS) is 17.8. The van der Waals surface area contributed by atoms with E-state index in [9.17, 15) is 9.59 Å². The van der Waals surface area contributed by atoms with Gasteiger partial charge in [-0.3, -0.25) is 9.59 Å². The zero-order valence-corrected chi connectivity index (χ0v) is 16.2. The molecule has 0 saturated carbocycles. The van der Waals surface area contributed by atoms with E-state index in [0.29, 0.717) is 35.9 Å². The maximum Gasteiger partial charge on any atom is 0.290 e. The summed E-state index contributed by atoms with van der Waals surface area (Å²) in [5.41, 5.74) is 3.36. The average Bonchev–Trinajstić information content (AvgIpc) is 3.21. The van der Waals surface area contributed by atoms with Gasteiger partial charge in [0.15, 0.2) is 5.76 Å². The molecule has 2 fully saturated rings. The van der Waals surface area contributed by atoms with Crippen molar-refractivity contribution in [1.29, 1.82) is 0 Å². The van der Waals surface area contributed by atoms with Crippen LogP contribution in [-0.4, -0.2) is 35.3 Å². The second-order valence-electron chi connectivity index (χ2n) is 7.76. The smallest absolute Gasteiger partial charge is 0.290 e. The Kier molecular flexibility index (Phi) is 3.78. The summed E-state index contributed by atoms with van der Waals surface area (Å²) in [7, 11) is 0. The van der Waals surface area contributed by atoms with Gasteiger partial charge in [0.05, 0.1) is 5.54 Å². The van der Waals surface area contributed by atoms with Crippen molar-refractivity contribution in [2.24, 2.45) is 0 Å². The van der Waals surface area contributed by atoms with Crippen molar-refractivity contribution < 1.29 is 14.0 Å². The van der Waals surface area contributed by atoms with Gasteiger partial charge in [0, 0.05) is 35.5 Å². The first-order valence-electron chi connectivity index (χ1n) is 9.34. The standard InChI is InChI=1S/C22H19ClN2O3/c1-13-17-7-4-15(14-2-5-16(23)6-3-14)10-18(17)28-20(13)21(27)25-11-22(12-25)9-8-19(26)24-22/h2-7,10H,8-9,11-12H2,1H3,(H,24,26). The quantitative estimate of drug-likeness (QED) is 0.709. The van der Waals surface area contributed by atoms with Gasteiger partial charge < -0.3 is 14.6 Å². The molecule has 2 saturated heterocycles. The lowest BCUT2D eigenvalue weighted by atomic mass is 9.88. The highest BCUT2D eigenvalue weighted by Crippen LogP contribution is 2.35. The number of carbonyl (C=O) groups excluding carboxylic acids is 2. The van der Waals surface area contributed by atoms with E-state index in [1.54, 1.807) is 4.90 Å². The average molecular weight is 395 g/mol. The van der Waals surface area contributed by atoms with Crippen LogP contribution in [0.25, 0.3) is 22.1 Å². The summed E-state index contributed by atoms with van der Waals surface area (Å²) in [5.74, 6) is 0.331. The van der Waals surface area contributed by atoms with E-state index in [4.69, 9.17) is 16.0 Å². The van der Waals surface area contributed by atoms with E-state index in [1.165, 1.54) is 0 Å². The van der Waals surface area contributed by atoms with Crippen molar-refractivity contribution in [2.75, 3.05) is 13.1 Å². The molecule has 3 aromatic rings. The van der Waals surface area contributed by atoms with E-state index >= 15 is 0 Å². The molecule has 2 amide bonds. The molecule has 28 heavy (non-hydrogen) atoms. The van der Waals surface area contributed by atoms with Crippen molar-refractivity contribution in [3.8, 4) is 11.1 Å². The minimum atomic E-state index is -0.228. The molecule has 5 rings (SSSR count). The van der Waals surface area contributed by atoms with Crippen LogP contribution < -0.4 is 5.32 Å². The van der Waals surface area contributed by atoms with Gasteiger partial charge in [-0.25, -0.2) is 0 Å². The van der Waals surface area contributed by atoms with Gasteiger partial charge in [-0.2, -0.15) is 0 Å². The van der Waals surface area contributed by atoms with Crippen LogP contribution in [0.3, 0.4) is 0 Å². The number of rotatable bonds is 2. The van der Waals surface area contributed by atoms with Gasteiger partial charge in [0.25, 0.3) is 5.91 Å². The van der Waals surface area contributed by atoms with Gasteiger partial charge in [0.1, 0.15) is 5.58 Å². The molecule has 6 heteroatoms. The highest BCUT2D eigenvalue weighted by atomic mass is 35.5. The zero-order valence-electron chi connectivity index (χ0n) is 15.4. The van der Waals surface area contributed by atoms with Crippen LogP contribution in [0.5, 0.6) is 0 Å². The first-order chi connectivity index (χ1) is 13.4. The molecule has 0 atom stereocenters. The molecule has 3 heterocycles. The molecule has 2 aliphatic heterocycles. The molecule has 1 aromatic heterocycles. The number of furan rings is 1. The number of likely N-dealkylation sites (tertiary alicyclic amines) is 1. The van der Waals surface area contributed by atoms with E-state index in [2.05, 4.69) is 5.32 Å². The topological polar surface area (TPSA) is 62.6 Å². The number of hydrogen-bond donors (Lipinski definition) is 1. The van der Waals surface area contributed by atoms with E-state index in [1.807, 2.05) is 49.4 Å². The number of amides is 2. The Balaban J connectivity index is 1.42. The zero-order chi connectivity index (χ0) is 19.5. The fourth-order valence-corrected chi connectivity index (χ4v) is 4.36. The molecule has 5 nitrogen and oxygen atoms in total. The third kappa shape index (κ3) is 2.69. The Morgan fingerprint density at radius 3 is 2.54 bits per heavy atom. The van der Waals surface area contributed by atoms with Crippen LogP contribution in [0.15, 0.2) is 46.9 Å². The second kappa shape index (κ2) is 6.11. The van der Waals surface area contributed by atoms with Crippen molar-refractivity contribution in [3.05, 3.63) is 58.8 Å². The van der Waals surface area contributed by atoms with Crippen molar-refractivity contribution in [1.82, 2.24) is 10.2 Å². The Labute approximate surface area is 167 Å². The number of carbonyl (C=O) groups is 2. The number of aryl methyl sites for hydroxylation is 1. The molecule has 0 radical (unpaired) electrons. The van der Waals surface area contributed by atoms with Crippen LogP contribution in [-0.2, 0) is 4.79 Å². The lowest BCUT2D eigenvalue weighted by molar-refractivity contribution is -0.120. The highest BCUT2D eigenvalue weighted by molar-refractivity contribution is 6.30. The highest BCUT2D eigenvalue weighted by Gasteiger charge is 2.50. The summed E-state index contributed by atoms with van der Waals surface area (Å²) < 4.78 is 5.97. The van der Waals surface area contributed by atoms with Crippen LogP contribution in [0.4, 0.5) is 0 Å². The van der Waals surface area contributed by atoms with Crippen LogP contribution in [0.1, 0.15) is 29.0 Å². The summed E-state index contributed by atoms with van der Waals surface area (Å²) in [6.07, 6.45) is 1.33. The Hall–Kier alpha value is -2.79. The third-order valence-corrected chi connectivity index (χ3v) is 6.07. The monoisotopic (exact) mass is 394 g/mol. The lowest BCUT2D eigenvalue weighted by Gasteiger charge is -2.47. The molecule has 142 valence electrons. The van der Waals surface area contributed by atoms with Crippen LogP contribution >= 0.6 is 11.6 Å². The van der Waals surface area contributed by atoms with Crippen LogP contribution in [0.2, 0.25) is 5.02 Å². The van der Waals surface area contributed by atoms with Crippen LogP contribution in [0, 0.1) is 6.92 Å². The molecule has 0 aliphatic carbocycles. The lowest BCUT2D eigenvalue weighted by Crippen LogP contribution is -2.68. The molecule has 1 spiro atoms. The first-order valence-corrected chi connectivity index (χ1v) is 9.71. The van der Waals surface area contributed by atoms with Crippen molar-refractivity contribution in [3.63, 3.8) is 0 Å². The largest absolute Gasteiger partial charge is 0.451 e. The predicted molar refractivity (Wildman–Crippen MR) is 107 cm³/mol. The number of halogens is 1. The molecular formula is C22H19ClN2O3. The molecule has 0 unspecified atom stereocenters. The second-order valence-corrected chi connectivity index (χ2v) is 8.20. The van der Waals surface area contributed by atoms with Gasteiger partial charge in [-0.1, -0.05) is 35.9 Å². The number of nitrogens with one attached hydrogen (secondary N) is 1. The first kappa shape index (κ1) is 17.3. The molecular weight excluding hydrogens is 376 g/mol. The SMILES string of the molecule is Cc1c(C(=O)N2CC3(CCC(=O)N3)C2)oc2cc(-c3ccc(Cl)cc3)ccc12. The Bertz CT molecular complexity index is 1110. The number of hydrogen-bond acceptors (Lipinski definition) is 3. The molecule has 1 N–H and O–H groups in total. The van der Waals surface area contributed by atoms with Crippen molar-refractivity contribution >= 4 is 34.4 Å². The summed E-state index contributed by atoms with van der Waals surface area (Å²) in [4.78, 5) is 26.2.